The van der Waals surface area contributed by atoms with Crippen LogP contribution in [0.15, 0.2) is 0 Å². The minimum atomic E-state index is -0.928. The van der Waals surface area contributed by atoms with Crippen LogP contribution in [0.2, 0.25) is 0 Å². The van der Waals surface area contributed by atoms with Gasteiger partial charge >= 0.3 is 5.97 Å². The van der Waals surface area contributed by atoms with E-state index in [2.05, 4.69) is 0 Å². The van der Waals surface area contributed by atoms with Gasteiger partial charge in [-0.05, 0) is 6.42 Å². The van der Waals surface area contributed by atoms with Crippen LogP contribution in [0.1, 0.15) is 13.3 Å². The lowest BCUT2D eigenvalue weighted by atomic mass is 10.2. The van der Waals surface area contributed by atoms with Gasteiger partial charge in [-0.25, -0.2) is 0 Å². The standard InChI is InChI=1S/C4H9NO2.2ClH/c1-2-3(5)4(6)7;;/h3H,2,5H2,1H3,(H,6,7);2*1H. The summed E-state index contributed by atoms with van der Waals surface area (Å²) in [5, 5.41) is 8.06. The van der Waals surface area contributed by atoms with Crippen LogP contribution in [0.25, 0.3) is 0 Å². The lowest BCUT2D eigenvalue weighted by Gasteiger charge is -1.97. The van der Waals surface area contributed by atoms with Gasteiger partial charge in [-0.1, -0.05) is 6.92 Å². The second kappa shape index (κ2) is 8.01. The zero-order valence-corrected chi connectivity index (χ0v) is 6.67. The third kappa shape index (κ3) is 8.01. The third-order valence-electron chi connectivity index (χ3n) is 0.757. The predicted octanol–water partition coefficient (Wildman–Crippen LogP) is 0.652. The summed E-state index contributed by atoms with van der Waals surface area (Å²) in [6.07, 6.45) is 0.495. The van der Waals surface area contributed by atoms with Crippen LogP contribution in [0.5, 0.6) is 0 Å². The van der Waals surface area contributed by atoms with Crippen molar-refractivity contribution < 1.29 is 9.90 Å². The van der Waals surface area contributed by atoms with Crippen molar-refractivity contribution in [1.29, 1.82) is 0 Å². The molecule has 0 spiro atoms. The largest absolute Gasteiger partial charge is 0.480 e. The molecule has 0 fully saturated rings. The molecule has 3 N–H and O–H groups in total. The second-order valence-corrected chi connectivity index (χ2v) is 1.35. The van der Waals surface area contributed by atoms with Crippen molar-refractivity contribution in [2.75, 3.05) is 0 Å². The number of halogens is 2. The van der Waals surface area contributed by atoms with Crippen LogP contribution in [0, 0.1) is 0 Å². The van der Waals surface area contributed by atoms with Crippen molar-refractivity contribution >= 4 is 30.8 Å². The molecule has 0 aromatic heterocycles. The molecule has 3 nitrogen and oxygen atoms in total. The molecule has 0 aliphatic carbocycles. The Balaban J connectivity index is -0.000000180. The molecule has 0 rings (SSSR count). The Morgan fingerprint density at radius 1 is 1.67 bits per heavy atom. The fraction of sp³-hybridized carbons (Fsp3) is 0.750. The monoisotopic (exact) mass is 175 g/mol. The first kappa shape index (κ1) is 16.0. The number of rotatable bonds is 2. The Kier molecular flexibility index (Phi) is 14.2. The molecule has 0 aliphatic rings. The first-order valence-corrected chi connectivity index (χ1v) is 2.17. The molecule has 0 radical (unpaired) electrons. The molecule has 0 saturated carbocycles. The molecule has 9 heavy (non-hydrogen) atoms. The Bertz CT molecular complexity index is 79.0. The molecule has 5 heteroatoms. The summed E-state index contributed by atoms with van der Waals surface area (Å²) in [5.41, 5.74) is 5.02. The van der Waals surface area contributed by atoms with Gasteiger partial charge in [0.25, 0.3) is 0 Å². The molecule has 0 aliphatic heterocycles. The highest BCUT2D eigenvalue weighted by molar-refractivity contribution is 5.85. The normalized spacial score (nSPS) is 10.4. The van der Waals surface area contributed by atoms with E-state index < -0.39 is 12.0 Å². The predicted molar refractivity (Wildman–Crippen MR) is 40.4 cm³/mol. The molecule has 0 bridgehead atoms. The van der Waals surface area contributed by atoms with E-state index >= 15 is 0 Å². The van der Waals surface area contributed by atoms with Gasteiger partial charge in [-0.15, -0.1) is 24.8 Å². The third-order valence-corrected chi connectivity index (χ3v) is 0.757. The molecule has 58 valence electrons. The van der Waals surface area contributed by atoms with Crippen molar-refractivity contribution in [2.45, 2.75) is 19.4 Å². The van der Waals surface area contributed by atoms with Gasteiger partial charge in [-0.2, -0.15) is 0 Å². The van der Waals surface area contributed by atoms with E-state index in [0.29, 0.717) is 6.42 Å². The topological polar surface area (TPSA) is 63.3 Å². The fourth-order valence-corrected chi connectivity index (χ4v) is 0.175. The number of carboxylic acids is 1. The highest BCUT2D eigenvalue weighted by Crippen LogP contribution is 1.82. The number of carboxylic acid groups (broad SMARTS) is 1. The van der Waals surface area contributed by atoms with Crippen LogP contribution in [0.3, 0.4) is 0 Å². The van der Waals surface area contributed by atoms with E-state index in [0.717, 1.165) is 0 Å². The summed E-state index contributed by atoms with van der Waals surface area (Å²) < 4.78 is 0. The van der Waals surface area contributed by atoms with Crippen LogP contribution in [-0.2, 0) is 4.79 Å². The van der Waals surface area contributed by atoms with E-state index in [1.54, 1.807) is 6.92 Å². The van der Waals surface area contributed by atoms with E-state index in [4.69, 9.17) is 10.8 Å². The van der Waals surface area contributed by atoms with Gasteiger partial charge in [-0.3, -0.25) is 4.79 Å². The SMILES string of the molecule is CCC(N)C(=O)O.Cl.Cl. The summed E-state index contributed by atoms with van der Waals surface area (Å²) in [5.74, 6) is -0.928. The van der Waals surface area contributed by atoms with Crippen molar-refractivity contribution in [1.82, 2.24) is 0 Å². The molecule has 0 heterocycles. The minimum Gasteiger partial charge on any atom is -0.480 e. The van der Waals surface area contributed by atoms with Gasteiger partial charge in [0.05, 0.1) is 0 Å². The number of nitrogens with two attached hydrogens (primary N) is 1. The quantitative estimate of drug-likeness (QED) is 0.649. The zero-order chi connectivity index (χ0) is 5.86. The van der Waals surface area contributed by atoms with Crippen molar-refractivity contribution in [3.05, 3.63) is 0 Å². The average molecular weight is 176 g/mol. The maximum atomic E-state index is 9.81. The fourth-order valence-electron chi connectivity index (χ4n) is 0.175. The van der Waals surface area contributed by atoms with E-state index in [1.165, 1.54) is 0 Å². The van der Waals surface area contributed by atoms with Crippen LogP contribution < -0.4 is 5.73 Å². The van der Waals surface area contributed by atoms with Gasteiger partial charge in [0.15, 0.2) is 0 Å². The number of carbonyl (C=O) groups is 1. The molecule has 1 atom stereocenters. The van der Waals surface area contributed by atoms with Crippen LogP contribution >= 0.6 is 24.8 Å². The van der Waals surface area contributed by atoms with Crippen molar-refractivity contribution in [3.63, 3.8) is 0 Å². The minimum absolute atomic E-state index is 0. The van der Waals surface area contributed by atoms with Gasteiger partial charge in [0.1, 0.15) is 6.04 Å². The first-order chi connectivity index (χ1) is 3.18. The Morgan fingerprint density at radius 2 is 2.00 bits per heavy atom. The summed E-state index contributed by atoms with van der Waals surface area (Å²) >= 11 is 0. The highest BCUT2D eigenvalue weighted by Gasteiger charge is 2.05. The zero-order valence-electron chi connectivity index (χ0n) is 5.03. The summed E-state index contributed by atoms with van der Waals surface area (Å²) in [7, 11) is 0. The summed E-state index contributed by atoms with van der Waals surface area (Å²) in [6, 6.07) is -0.681. The summed E-state index contributed by atoms with van der Waals surface area (Å²) in [6.45, 7) is 1.73. The first-order valence-electron chi connectivity index (χ1n) is 2.17. The maximum absolute atomic E-state index is 9.81. The lowest BCUT2D eigenvalue weighted by molar-refractivity contribution is -0.138. The molecular formula is C4H11Cl2NO2. The van der Waals surface area contributed by atoms with Crippen LogP contribution in [-0.4, -0.2) is 17.1 Å². The van der Waals surface area contributed by atoms with Crippen molar-refractivity contribution in [3.8, 4) is 0 Å². The Hall–Kier alpha value is 0.01000. The molecule has 1 unspecified atom stereocenters. The number of aliphatic carboxylic acids is 1. The van der Waals surface area contributed by atoms with Gasteiger partial charge in [0, 0.05) is 0 Å². The molecule has 0 amide bonds. The smallest absolute Gasteiger partial charge is 0.320 e. The molecule has 0 aromatic rings. The summed E-state index contributed by atoms with van der Waals surface area (Å²) in [4.78, 5) is 9.81. The van der Waals surface area contributed by atoms with E-state index in [-0.39, 0.29) is 24.8 Å². The van der Waals surface area contributed by atoms with E-state index in [9.17, 15) is 4.79 Å². The molecule has 0 aromatic carbocycles. The number of hydrogen-bond donors (Lipinski definition) is 2. The van der Waals surface area contributed by atoms with Gasteiger partial charge < -0.3 is 10.8 Å². The molecule has 0 saturated heterocycles. The maximum Gasteiger partial charge on any atom is 0.320 e. The Labute approximate surface area is 66.4 Å². The second-order valence-electron chi connectivity index (χ2n) is 1.35. The highest BCUT2D eigenvalue weighted by atomic mass is 35.5. The average Bonchev–Trinajstić information content (AvgIpc) is 1.65. The van der Waals surface area contributed by atoms with E-state index in [1.807, 2.05) is 0 Å². The van der Waals surface area contributed by atoms with Crippen LogP contribution in [0.4, 0.5) is 0 Å². The Morgan fingerprint density at radius 3 is 2.00 bits per heavy atom. The molecular weight excluding hydrogens is 165 g/mol. The van der Waals surface area contributed by atoms with Gasteiger partial charge in [0.2, 0.25) is 0 Å². The van der Waals surface area contributed by atoms with Crippen molar-refractivity contribution in [2.24, 2.45) is 5.73 Å². The lowest BCUT2D eigenvalue weighted by Crippen LogP contribution is -2.28. The number of hydrogen-bond acceptors (Lipinski definition) is 2.